The Balaban J connectivity index is 3.75. The maximum absolute atomic E-state index is 10.2. The number of rotatable bonds is 4. The van der Waals surface area contributed by atoms with Crippen LogP contribution in [0.5, 0.6) is 0 Å². The maximum Gasteiger partial charge on any atom is 0.122 e. The maximum atomic E-state index is 10.2. The number of hydrogen-bond donors (Lipinski definition) is 1. The molecule has 0 aliphatic carbocycles. The lowest BCUT2D eigenvalue weighted by Crippen LogP contribution is -2.25. The van der Waals surface area contributed by atoms with Gasteiger partial charge in [-0.2, -0.15) is 0 Å². The molecule has 1 N–H and O–H groups in total. The molecule has 0 radical (unpaired) electrons. The van der Waals surface area contributed by atoms with E-state index < -0.39 is 5.60 Å². The molecule has 60 valence electrons. The van der Waals surface area contributed by atoms with Crippen molar-refractivity contribution < 1.29 is 9.90 Å². The molecule has 2 heteroatoms. The lowest BCUT2D eigenvalue weighted by atomic mass is 9.92. The molecule has 0 aliphatic rings. The summed E-state index contributed by atoms with van der Waals surface area (Å²) in [4.78, 5) is 10.2. The van der Waals surface area contributed by atoms with Gasteiger partial charge in [0.1, 0.15) is 6.29 Å². The Bertz CT molecular complexity index is 108. The number of carbonyl (C=O) groups is 1. The molecule has 0 aromatic carbocycles. The van der Waals surface area contributed by atoms with Gasteiger partial charge < -0.3 is 9.90 Å². The Morgan fingerprint density at radius 2 is 2.20 bits per heavy atom. The molecule has 0 rings (SSSR count). The lowest BCUT2D eigenvalue weighted by Gasteiger charge is -2.22. The summed E-state index contributed by atoms with van der Waals surface area (Å²) in [5, 5.41) is 9.47. The zero-order valence-electron chi connectivity index (χ0n) is 6.92. The van der Waals surface area contributed by atoms with Gasteiger partial charge in [0.05, 0.1) is 5.60 Å². The average Bonchev–Trinajstić information content (AvgIpc) is 1.87. The van der Waals surface area contributed by atoms with E-state index in [0.29, 0.717) is 12.8 Å². The van der Waals surface area contributed by atoms with Gasteiger partial charge in [0, 0.05) is 5.92 Å². The number of hydrogen-bond acceptors (Lipinski definition) is 2. The first-order valence-corrected chi connectivity index (χ1v) is 3.69. The fraction of sp³-hybridized carbons (Fsp3) is 0.875. The first-order valence-electron chi connectivity index (χ1n) is 3.69. The largest absolute Gasteiger partial charge is 0.390 e. The second-order valence-corrected chi connectivity index (χ2v) is 3.17. The van der Waals surface area contributed by atoms with Crippen molar-refractivity contribution in [3.05, 3.63) is 0 Å². The van der Waals surface area contributed by atoms with E-state index in [0.717, 1.165) is 6.29 Å². The van der Waals surface area contributed by atoms with Crippen LogP contribution in [0, 0.1) is 5.92 Å². The van der Waals surface area contributed by atoms with Crippen LogP contribution < -0.4 is 0 Å². The molecule has 0 amide bonds. The van der Waals surface area contributed by atoms with Crippen LogP contribution in [0.3, 0.4) is 0 Å². The standard InChI is InChI=1S/C8H16O2/c1-4-8(3,10)5-7(2)6-9/h6-7,10H,4-5H2,1-3H3. The predicted octanol–water partition coefficient (Wildman–Crippen LogP) is 1.37. The van der Waals surface area contributed by atoms with E-state index in [1.54, 1.807) is 6.92 Å². The van der Waals surface area contributed by atoms with Crippen molar-refractivity contribution in [3.63, 3.8) is 0 Å². The van der Waals surface area contributed by atoms with Gasteiger partial charge in [-0.1, -0.05) is 13.8 Å². The third-order valence-corrected chi connectivity index (χ3v) is 1.76. The molecule has 0 saturated heterocycles. The van der Waals surface area contributed by atoms with E-state index in [-0.39, 0.29) is 5.92 Å². The first-order chi connectivity index (χ1) is 4.52. The molecule has 2 nitrogen and oxygen atoms in total. The third-order valence-electron chi connectivity index (χ3n) is 1.76. The van der Waals surface area contributed by atoms with Gasteiger partial charge in [0.2, 0.25) is 0 Å². The minimum Gasteiger partial charge on any atom is -0.390 e. The van der Waals surface area contributed by atoms with Gasteiger partial charge in [-0.3, -0.25) is 0 Å². The van der Waals surface area contributed by atoms with E-state index in [2.05, 4.69) is 0 Å². The normalized spacial score (nSPS) is 19.6. The topological polar surface area (TPSA) is 37.3 Å². The molecule has 0 aromatic rings. The van der Waals surface area contributed by atoms with Crippen LogP contribution in [0.2, 0.25) is 0 Å². The smallest absolute Gasteiger partial charge is 0.122 e. The molecule has 0 aliphatic heterocycles. The predicted molar refractivity (Wildman–Crippen MR) is 40.8 cm³/mol. The van der Waals surface area contributed by atoms with Gasteiger partial charge in [0.25, 0.3) is 0 Å². The van der Waals surface area contributed by atoms with Crippen LogP contribution >= 0.6 is 0 Å². The summed E-state index contributed by atoms with van der Waals surface area (Å²) >= 11 is 0. The Labute approximate surface area is 62.2 Å². The Morgan fingerprint density at radius 1 is 1.70 bits per heavy atom. The summed E-state index contributed by atoms with van der Waals surface area (Å²) in [5.41, 5.74) is -0.666. The van der Waals surface area contributed by atoms with Crippen LogP contribution in [0.15, 0.2) is 0 Å². The molecule has 10 heavy (non-hydrogen) atoms. The Morgan fingerprint density at radius 3 is 2.50 bits per heavy atom. The summed E-state index contributed by atoms with van der Waals surface area (Å²) in [6, 6.07) is 0. The van der Waals surface area contributed by atoms with Crippen LogP contribution in [0.4, 0.5) is 0 Å². The minimum atomic E-state index is -0.666. The molecule has 2 unspecified atom stereocenters. The van der Waals surface area contributed by atoms with Crippen molar-refractivity contribution in [2.24, 2.45) is 5.92 Å². The number of aliphatic hydroxyl groups is 1. The molecular formula is C8H16O2. The highest BCUT2D eigenvalue weighted by Crippen LogP contribution is 2.18. The van der Waals surface area contributed by atoms with Crippen molar-refractivity contribution in [3.8, 4) is 0 Å². The van der Waals surface area contributed by atoms with Gasteiger partial charge in [-0.25, -0.2) is 0 Å². The van der Waals surface area contributed by atoms with E-state index in [9.17, 15) is 9.90 Å². The van der Waals surface area contributed by atoms with Crippen molar-refractivity contribution in [1.82, 2.24) is 0 Å². The van der Waals surface area contributed by atoms with Crippen molar-refractivity contribution in [2.45, 2.75) is 39.2 Å². The highest BCUT2D eigenvalue weighted by Gasteiger charge is 2.20. The van der Waals surface area contributed by atoms with Gasteiger partial charge >= 0.3 is 0 Å². The SMILES string of the molecule is CCC(C)(O)CC(C)C=O. The highest BCUT2D eigenvalue weighted by molar-refractivity contribution is 5.52. The molecule has 0 bridgehead atoms. The molecule has 0 spiro atoms. The van der Waals surface area contributed by atoms with Gasteiger partial charge in [0.15, 0.2) is 0 Å². The molecular weight excluding hydrogens is 128 g/mol. The van der Waals surface area contributed by atoms with Crippen molar-refractivity contribution in [1.29, 1.82) is 0 Å². The minimum absolute atomic E-state index is 0.0325. The van der Waals surface area contributed by atoms with E-state index in [1.165, 1.54) is 0 Å². The van der Waals surface area contributed by atoms with Crippen LogP contribution in [-0.4, -0.2) is 17.0 Å². The summed E-state index contributed by atoms with van der Waals surface area (Å²) in [5.74, 6) is -0.0325. The van der Waals surface area contributed by atoms with Crippen molar-refractivity contribution in [2.75, 3.05) is 0 Å². The van der Waals surface area contributed by atoms with Gasteiger partial charge in [-0.15, -0.1) is 0 Å². The fourth-order valence-corrected chi connectivity index (χ4v) is 0.886. The van der Waals surface area contributed by atoms with Crippen LogP contribution in [-0.2, 0) is 4.79 Å². The summed E-state index contributed by atoms with van der Waals surface area (Å²) in [7, 11) is 0. The Kier molecular flexibility index (Phi) is 3.58. The third kappa shape index (κ3) is 3.62. The Hall–Kier alpha value is -0.370. The lowest BCUT2D eigenvalue weighted by molar-refractivity contribution is -0.112. The quantitative estimate of drug-likeness (QED) is 0.605. The second-order valence-electron chi connectivity index (χ2n) is 3.17. The summed E-state index contributed by atoms with van der Waals surface area (Å²) in [6.07, 6.45) is 2.14. The van der Waals surface area contributed by atoms with Crippen molar-refractivity contribution >= 4 is 6.29 Å². The number of carbonyl (C=O) groups excluding carboxylic acids is 1. The summed E-state index contributed by atoms with van der Waals surface area (Å²) < 4.78 is 0. The van der Waals surface area contributed by atoms with Crippen LogP contribution in [0.25, 0.3) is 0 Å². The number of aldehydes is 1. The molecule has 0 heterocycles. The van der Waals surface area contributed by atoms with Crippen LogP contribution in [0.1, 0.15) is 33.6 Å². The molecule has 0 aromatic heterocycles. The highest BCUT2D eigenvalue weighted by atomic mass is 16.3. The van der Waals surface area contributed by atoms with Gasteiger partial charge in [-0.05, 0) is 19.8 Å². The monoisotopic (exact) mass is 144 g/mol. The molecule has 2 atom stereocenters. The molecule has 0 fully saturated rings. The zero-order valence-corrected chi connectivity index (χ0v) is 6.92. The summed E-state index contributed by atoms with van der Waals surface area (Å²) in [6.45, 7) is 5.49. The van der Waals surface area contributed by atoms with E-state index in [1.807, 2.05) is 13.8 Å². The second kappa shape index (κ2) is 3.71. The zero-order chi connectivity index (χ0) is 8.20. The van der Waals surface area contributed by atoms with E-state index in [4.69, 9.17) is 0 Å². The van der Waals surface area contributed by atoms with E-state index >= 15 is 0 Å². The fourth-order valence-electron chi connectivity index (χ4n) is 0.886. The molecule has 0 saturated carbocycles. The first kappa shape index (κ1) is 9.63. The average molecular weight is 144 g/mol.